The lowest BCUT2D eigenvalue weighted by Crippen LogP contribution is -2.66. The maximum absolute atomic E-state index is 12.0. The van der Waals surface area contributed by atoms with E-state index in [1.165, 1.54) is 25.7 Å². The van der Waals surface area contributed by atoms with Gasteiger partial charge in [0.1, 0.15) is 6.10 Å². The van der Waals surface area contributed by atoms with Crippen LogP contribution in [-0.4, -0.2) is 44.8 Å². The highest BCUT2D eigenvalue weighted by Gasteiger charge is 2.72. The van der Waals surface area contributed by atoms with Crippen molar-refractivity contribution in [2.24, 2.45) is 51.2 Å². The van der Waals surface area contributed by atoms with Crippen LogP contribution in [0.4, 0.5) is 0 Å². The highest BCUT2D eigenvalue weighted by atomic mass is 16.5. The summed E-state index contributed by atoms with van der Waals surface area (Å²) in [5.74, 6) is 2.40. The van der Waals surface area contributed by atoms with Gasteiger partial charge in [0.05, 0.1) is 23.4 Å². The molecule has 0 spiro atoms. The van der Waals surface area contributed by atoms with Crippen molar-refractivity contribution in [1.29, 1.82) is 0 Å². The standard InChI is InChI=1S/C31H54O4/c1-18-10-13-28(6)22(26(18,2)3)12-15-29(7)23(28)16-20(32)24-19(11-14-30(24,29)8)31(9)17-21(33)25(35-31)27(4,5)34/h18-25,32-34H,10-17H2,1-9H3. The van der Waals surface area contributed by atoms with Crippen molar-refractivity contribution in [3.63, 3.8) is 0 Å². The first-order valence-corrected chi connectivity index (χ1v) is 14.7. The van der Waals surface area contributed by atoms with Gasteiger partial charge < -0.3 is 20.1 Å². The third kappa shape index (κ3) is 3.37. The maximum atomic E-state index is 12.0. The lowest BCUT2D eigenvalue weighted by atomic mass is 9.34. The number of rotatable bonds is 2. The SMILES string of the molecule is CC1CCC2(C)C(CCC3(C)C2CC(O)C2C(C4(C)CC(O)C(C(C)(C)O)O4)CCC23C)C1(C)C. The molecular formula is C31H54O4. The molecule has 5 fully saturated rings. The minimum Gasteiger partial charge on any atom is -0.393 e. The molecule has 0 aromatic rings. The molecule has 4 heteroatoms. The Kier molecular flexibility index (Phi) is 5.82. The number of aliphatic hydroxyl groups excluding tert-OH is 2. The van der Waals surface area contributed by atoms with Gasteiger partial charge in [-0.25, -0.2) is 0 Å². The van der Waals surface area contributed by atoms with E-state index in [0.29, 0.717) is 17.8 Å². The normalized spacial score (nSPS) is 57.9. The fraction of sp³-hybridized carbons (Fsp3) is 1.00. The van der Waals surface area contributed by atoms with Gasteiger partial charge in [-0.05, 0) is 117 Å². The van der Waals surface area contributed by atoms with Crippen molar-refractivity contribution in [2.75, 3.05) is 0 Å². The van der Waals surface area contributed by atoms with Crippen LogP contribution in [0.15, 0.2) is 0 Å². The summed E-state index contributed by atoms with van der Waals surface area (Å²) in [6.45, 7) is 20.8. The summed E-state index contributed by atoms with van der Waals surface area (Å²) in [5, 5.41) is 33.5. The molecule has 1 heterocycles. The Bertz CT molecular complexity index is 847. The molecule has 4 aliphatic carbocycles. The quantitative estimate of drug-likeness (QED) is 0.447. The van der Waals surface area contributed by atoms with Crippen LogP contribution in [0.1, 0.15) is 114 Å². The molecule has 12 atom stereocenters. The zero-order valence-electron chi connectivity index (χ0n) is 24.0. The predicted octanol–water partition coefficient (Wildman–Crippen LogP) is 5.96. The van der Waals surface area contributed by atoms with E-state index in [0.717, 1.165) is 31.1 Å². The molecular weight excluding hydrogens is 436 g/mol. The topological polar surface area (TPSA) is 69.9 Å². The van der Waals surface area contributed by atoms with E-state index in [2.05, 4.69) is 48.5 Å². The van der Waals surface area contributed by atoms with Gasteiger partial charge in [0.15, 0.2) is 0 Å². The van der Waals surface area contributed by atoms with Crippen LogP contribution in [0.2, 0.25) is 0 Å². The molecule has 0 amide bonds. The van der Waals surface area contributed by atoms with Gasteiger partial charge in [0, 0.05) is 6.42 Å². The molecule has 5 aliphatic rings. The van der Waals surface area contributed by atoms with Crippen molar-refractivity contribution >= 4 is 0 Å². The van der Waals surface area contributed by atoms with E-state index in [1.807, 2.05) is 0 Å². The fourth-order valence-corrected chi connectivity index (χ4v) is 11.4. The molecule has 4 saturated carbocycles. The summed E-state index contributed by atoms with van der Waals surface area (Å²) < 4.78 is 6.55. The van der Waals surface area contributed by atoms with Crippen molar-refractivity contribution in [3.05, 3.63) is 0 Å². The average Bonchev–Trinajstić information content (AvgIpc) is 3.26. The number of hydrogen-bond acceptors (Lipinski definition) is 4. The summed E-state index contributed by atoms with van der Waals surface area (Å²) in [4.78, 5) is 0. The van der Waals surface area contributed by atoms with Gasteiger partial charge in [-0.3, -0.25) is 0 Å². The molecule has 4 nitrogen and oxygen atoms in total. The third-order valence-electron chi connectivity index (χ3n) is 13.8. The summed E-state index contributed by atoms with van der Waals surface area (Å²) in [6.07, 6.45) is 7.16. The molecule has 3 N–H and O–H groups in total. The molecule has 12 unspecified atom stereocenters. The van der Waals surface area contributed by atoms with E-state index in [1.54, 1.807) is 13.8 Å². The molecule has 5 rings (SSSR count). The first-order chi connectivity index (χ1) is 15.9. The maximum Gasteiger partial charge on any atom is 0.112 e. The molecule has 35 heavy (non-hydrogen) atoms. The molecule has 0 aromatic heterocycles. The van der Waals surface area contributed by atoms with Crippen molar-refractivity contribution in [1.82, 2.24) is 0 Å². The van der Waals surface area contributed by atoms with Gasteiger partial charge in [-0.15, -0.1) is 0 Å². The smallest absolute Gasteiger partial charge is 0.112 e. The minimum absolute atomic E-state index is 0.0608. The first kappa shape index (κ1) is 26.4. The van der Waals surface area contributed by atoms with Gasteiger partial charge >= 0.3 is 0 Å². The highest BCUT2D eigenvalue weighted by molar-refractivity contribution is 5.20. The minimum atomic E-state index is -1.08. The van der Waals surface area contributed by atoms with Gasteiger partial charge in [0.2, 0.25) is 0 Å². The molecule has 0 bridgehead atoms. The Labute approximate surface area is 214 Å². The Hall–Kier alpha value is -0.160. The van der Waals surface area contributed by atoms with Crippen LogP contribution in [0.5, 0.6) is 0 Å². The summed E-state index contributed by atoms with van der Waals surface area (Å²) in [7, 11) is 0. The summed E-state index contributed by atoms with van der Waals surface area (Å²) in [5.41, 5.74) is -0.698. The Morgan fingerprint density at radius 3 is 2.03 bits per heavy atom. The highest BCUT2D eigenvalue weighted by Crippen LogP contribution is 2.76. The predicted molar refractivity (Wildman–Crippen MR) is 140 cm³/mol. The van der Waals surface area contributed by atoms with Crippen LogP contribution < -0.4 is 0 Å². The van der Waals surface area contributed by atoms with Gasteiger partial charge in [0.25, 0.3) is 0 Å². The van der Waals surface area contributed by atoms with Crippen molar-refractivity contribution in [3.8, 4) is 0 Å². The van der Waals surface area contributed by atoms with Crippen LogP contribution in [0.25, 0.3) is 0 Å². The van der Waals surface area contributed by atoms with E-state index < -0.39 is 23.4 Å². The van der Waals surface area contributed by atoms with Crippen molar-refractivity contribution in [2.45, 2.75) is 143 Å². The Morgan fingerprint density at radius 2 is 1.43 bits per heavy atom. The fourth-order valence-electron chi connectivity index (χ4n) is 11.4. The summed E-state index contributed by atoms with van der Waals surface area (Å²) >= 11 is 0. The van der Waals surface area contributed by atoms with E-state index >= 15 is 0 Å². The molecule has 1 aliphatic heterocycles. The molecule has 1 saturated heterocycles. The van der Waals surface area contributed by atoms with E-state index in [-0.39, 0.29) is 34.2 Å². The zero-order valence-corrected chi connectivity index (χ0v) is 24.0. The Balaban J connectivity index is 1.49. The third-order valence-corrected chi connectivity index (χ3v) is 13.8. The molecule has 0 radical (unpaired) electrons. The average molecular weight is 491 g/mol. The lowest BCUT2D eigenvalue weighted by molar-refractivity contribution is -0.243. The molecule has 202 valence electrons. The largest absolute Gasteiger partial charge is 0.393 e. The first-order valence-electron chi connectivity index (χ1n) is 14.7. The van der Waals surface area contributed by atoms with E-state index in [4.69, 9.17) is 4.74 Å². The number of ether oxygens (including phenoxy) is 1. The van der Waals surface area contributed by atoms with Crippen LogP contribution in [-0.2, 0) is 4.74 Å². The second-order valence-electron chi connectivity index (χ2n) is 16.0. The second-order valence-corrected chi connectivity index (χ2v) is 16.0. The van der Waals surface area contributed by atoms with Gasteiger partial charge in [-0.1, -0.05) is 41.5 Å². The van der Waals surface area contributed by atoms with Crippen LogP contribution in [0, 0.1) is 51.2 Å². The van der Waals surface area contributed by atoms with Crippen molar-refractivity contribution < 1.29 is 20.1 Å². The second kappa shape index (κ2) is 7.70. The van der Waals surface area contributed by atoms with Crippen LogP contribution in [0.3, 0.4) is 0 Å². The zero-order chi connectivity index (χ0) is 26.0. The van der Waals surface area contributed by atoms with Gasteiger partial charge in [-0.2, -0.15) is 0 Å². The monoisotopic (exact) mass is 490 g/mol. The number of fused-ring (bicyclic) bond motifs is 5. The van der Waals surface area contributed by atoms with Crippen LogP contribution >= 0.6 is 0 Å². The lowest BCUT2D eigenvalue weighted by Gasteiger charge is -2.70. The Morgan fingerprint density at radius 1 is 0.800 bits per heavy atom. The summed E-state index contributed by atoms with van der Waals surface area (Å²) in [6, 6.07) is 0. The molecule has 0 aromatic carbocycles. The van der Waals surface area contributed by atoms with E-state index in [9.17, 15) is 15.3 Å². The number of hydrogen-bond donors (Lipinski definition) is 3. The number of aliphatic hydroxyl groups is 3.